The van der Waals surface area contributed by atoms with E-state index in [2.05, 4.69) is 0 Å². The van der Waals surface area contributed by atoms with Crippen molar-refractivity contribution in [3.8, 4) is 16.9 Å². The van der Waals surface area contributed by atoms with E-state index in [0.717, 1.165) is 22.3 Å². The average molecular weight is 419 g/mol. The highest BCUT2D eigenvalue weighted by Gasteiger charge is 2.17. The number of halogens is 1. The summed E-state index contributed by atoms with van der Waals surface area (Å²) >= 11 is 0. The number of benzene rings is 3. The van der Waals surface area contributed by atoms with Crippen LogP contribution >= 0.6 is 0 Å². The number of carboxylic acids is 1. The Morgan fingerprint density at radius 2 is 1.97 bits per heavy atom. The number of ether oxygens (including phenoxy) is 1. The number of rotatable bonds is 7. The highest BCUT2D eigenvalue weighted by molar-refractivity contribution is 5.93. The van der Waals surface area contributed by atoms with E-state index in [9.17, 15) is 4.79 Å². The number of fused-ring (bicyclic) bond motifs is 1. The van der Waals surface area contributed by atoms with Crippen molar-refractivity contribution < 1.29 is 23.4 Å². The molecule has 4 aromatic rings. The summed E-state index contributed by atoms with van der Waals surface area (Å²) in [7, 11) is 0. The molecule has 3 aromatic carbocycles. The van der Waals surface area contributed by atoms with Crippen LogP contribution in [0.5, 0.6) is 5.75 Å². The minimum absolute atomic E-state index is 0.0490. The van der Waals surface area contributed by atoms with Gasteiger partial charge in [-0.15, -0.1) is 0 Å². The Kier molecular flexibility index (Phi) is 5.73. The molecule has 1 heterocycles. The van der Waals surface area contributed by atoms with Gasteiger partial charge in [0.05, 0.1) is 18.1 Å². The molecule has 4 rings (SSSR count). The molecule has 158 valence electrons. The van der Waals surface area contributed by atoms with Crippen LogP contribution in [-0.4, -0.2) is 11.1 Å². The van der Waals surface area contributed by atoms with E-state index >= 15 is 4.39 Å². The number of carboxylic acid groups (broad SMARTS) is 1. The molecular weight excluding hydrogens is 397 g/mol. The van der Waals surface area contributed by atoms with E-state index < -0.39 is 11.8 Å². The first-order valence-corrected chi connectivity index (χ1v) is 9.88. The minimum atomic E-state index is -0.957. The molecule has 0 radical (unpaired) electrons. The van der Waals surface area contributed by atoms with Gasteiger partial charge in [0.2, 0.25) is 0 Å². The lowest BCUT2D eigenvalue weighted by Gasteiger charge is -2.14. The topological polar surface area (TPSA) is 85.7 Å². The molecule has 0 saturated heterocycles. The van der Waals surface area contributed by atoms with Gasteiger partial charge in [0, 0.05) is 23.2 Å². The van der Waals surface area contributed by atoms with Crippen molar-refractivity contribution in [3.63, 3.8) is 0 Å². The molecule has 3 N–H and O–H groups in total. The van der Waals surface area contributed by atoms with E-state index in [0.29, 0.717) is 34.4 Å². The second kappa shape index (κ2) is 8.62. The van der Waals surface area contributed by atoms with Crippen LogP contribution in [0.15, 0.2) is 65.3 Å². The molecule has 0 unspecified atom stereocenters. The monoisotopic (exact) mass is 419 g/mol. The molecule has 0 bridgehead atoms. The number of hydrogen-bond acceptors (Lipinski definition) is 4. The van der Waals surface area contributed by atoms with Crippen LogP contribution in [0.4, 0.5) is 4.39 Å². The molecule has 0 saturated carbocycles. The maximum Gasteiger partial charge on any atom is 0.307 e. The average Bonchev–Trinajstić information content (AvgIpc) is 3.25. The van der Waals surface area contributed by atoms with Crippen LogP contribution in [0.2, 0.25) is 0 Å². The van der Waals surface area contributed by atoms with Crippen LogP contribution in [0.25, 0.3) is 22.1 Å². The molecule has 5 nitrogen and oxygen atoms in total. The van der Waals surface area contributed by atoms with Gasteiger partial charge in [-0.25, -0.2) is 4.39 Å². The summed E-state index contributed by atoms with van der Waals surface area (Å²) < 4.78 is 26.7. The smallest absolute Gasteiger partial charge is 0.307 e. The summed E-state index contributed by atoms with van der Waals surface area (Å²) in [6.07, 6.45) is 1.29. The molecule has 0 aliphatic heterocycles. The second-order valence-electron chi connectivity index (χ2n) is 7.44. The lowest BCUT2D eigenvalue weighted by Crippen LogP contribution is -2.06. The number of aryl methyl sites for hydroxylation is 1. The molecule has 0 atom stereocenters. The second-order valence-corrected chi connectivity index (χ2v) is 7.44. The summed E-state index contributed by atoms with van der Waals surface area (Å²) in [6.45, 7) is 2.23. The Morgan fingerprint density at radius 1 is 1.13 bits per heavy atom. The lowest BCUT2D eigenvalue weighted by atomic mass is 9.98. The van der Waals surface area contributed by atoms with Gasteiger partial charge < -0.3 is 20.0 Å². The third kappa shape index (κ3) is 4.29. The van der Waals surface area contributed by atoms with Crippen molar-refractivity contribution in [1.29, 1.82) is 0 Å². The number of carbonyl (C=O) groups is 1. The van der Waals surface area contributed by atoms with E-state index in [-0.39, 0.29) is 13.0 Å². The zero-order valence-electron chi connectivity index (χ0n) is 17.0. The fraction of sp³-hybridized carbons (Fsp3) is 0.160. The van der Waals surface area contributed by atoms with E-state index in [1.54, 1.807) is 24.3 Å². The van der Waals surface area contributed by atoms with Gasteiger partial charge in [-0.1, -0.05) is 30.3 Å². The number of furan rings is 1. The van der Waals surface area contributed by atoms with Gasteiger partial charge in [0.1, 0.15) is 23.8 Å². The van der Waals surface area contributed by atoms with E-state index in [4.69, 9.17) is 20.0 Å². The molecule has 0 aliphatic rings. The number of aliphatic carboxylic acids is 1. The Hall–Kier alpha value is -3.64. The van der Waals surface area contributed by atoms with Crippen molar-refractivity contribution in [2.24, 2.45) is 5.73 Å². The van der Waals surface area contributed by atoms with Crippen LogP contribution < -0.4 is 10.5 Å². The molecule has 6 heteroatoms. The highest BCUT2D eigenvalue weighted by Crippen LogP contribution is 2.34. The Morgan fingerprint density at radius 3 is 2.74 bits per heavy atom. The summed E-state index contributed by atoms with van der Waals surface area (Å²) in [5.74, 6) is -0.947. The zero-order valence-corrected chi connectivity index (χ0v) is 17.0. The maximum absolute atomic E-state index is 15.2. The minimum Gasteiger partial charge on any atom is -0.488 e. The molecular formula is C25H22FNO4. The first-order valence-electron chi connectivity index (χ1n) is 9.88. The van der Waals surface area contributed by atoms with Gasteiger partial charge in [-0.3, -0.25) is 4.79 Å². The Bertz CT molecular complexity index is 1260. The van der Waals surface area contributed by atoms with Gasteiger partial charge in [-0.2, -0.15) is 0 Å². The normalized spacial score (nSPS) is 11.1. The predicted octanol–water partition coefficient (Wildman–Crippen LogP) is 5.21. The lowest BCUT2D eigenvalue weighted by molar-refractivity contribution is -0.136. The van der Waals surface area contributed by atoms with Crippen LogP contribution in [0.3, 0.4) is 0 Å². The fourth-order valence-corrected chi connectivity index (χ4v) is 3.61. The third-order valence-electron chi connectivity index (χ3n) is 5.17. The van der Waals surface area contributed by atoms with Gasteiger partial charge >= 0.3 is 5.97 Å². The van der Waals surface area contributed by atoms with Crippen LogP contribution in [0, 0.1) is 12.7 Å². The SMILES string of the molecule is Cc1ccc(CC(=O)O)c(OCc2cc(-c3cccc(CN)c3)c3occc3c2F)c1. The van der Waals surface area contributed by atoms with Crippen LogP contribution in [0.1, 0.15) is 22.3 Å². The highest BCUT2D eigenvalue weighted by atomic mass is 19.1. The quantitative estimate of drug-likeness (QED) is 0.429. The predicted molar refractivity (Wildman–Crippen MR) is 116 cm³/mol. The third-order valence-corrected chi connectivity index (χ3v) is 5.17. The summed E-state index contributed by atoms with van der Waals surface area (Å²) in [6, 6.07) is 16.3. The standard InChI is InChI=1S/C25H22FNO4/c1-15-5-6-18(12-23(28)29)22(9-15)31-14-19-11-21(17-4-2-3-16(10-17)13-27)25-20(24(19)26)7-8-30-25/h2-11H,12-14,27H2,1H3,(H,28,29). The summed E-state index contributed by atoms with van der Waals surface area (Å²) in [5.41, 5.74) is 10.6. The van der Waals surface area contributed by atoms with Gasteiger partial charge in [-0.05, 0) is 47.9 Å². The van der Waals surface area contributed by atoms with Gasteiger partial charge in [0.15, 0.2) is 0 Å². The molecule has 0 aliphatic carbocycles. The van der Waals surface area contributed by atoms with Crippen molar-refractivity contribution in [2.75, 3.05) is 0 Å². The molecule has 31 heavy (non-hydrogen) atoms. The van der Waals surface area contributed by atoms with Crippen molar-refractivity contribution >= 4 is 16.9 Å². The van der Waals surface area contributed by atoms with Crippen molar-refractivity contribution in [1.82, 2.24) is 0 Å². The Labute approximate surface area is 178 Å². The zero-order chi connectivity index (χ0) is 22.0. The first kappa shape index (κ1) is 20.6. The molecule has 0 fully saturated rings. The molecule has 0 spiro atoms. The number of nitrogens with two attached hydrogens (primary N) is 1. The summed E-state index contributed by atoms with van der Waals surface area (Å²) in [4.78, 5) is 11.2. The van der Waals surface area contributed by atoms with E-state index in [1.165, 1.54) is 6.26 Å². The maximum atomic E-state index is 15.2. The van der Waals surface area contributed by atoms with E-state index in [1.807, 2.05) is 37.3 Å². The summed E-state index contributed by atoms with van der Waals surface area (Å²) in [5, 5.41) is 9.52. The largest absolute Gasteiger partial charge is 0.488 e. The molecule has 0 amide bonds. The van der Waals surface area contributed by atoms with Gasteiger partial charge in [0.25, 0.3) is 0 Å². The van der Waals surface area contributed by atoms with Crippen molar-refractivity contribution in [2.45, 2.75) is 26.5 Å². The number of hydrogen-bond donors (Lipinski definition) is 2. The van der Waals surface area contributed by atoms with Crippen molar-refractivity contribution in [3.05, 3.63) is 88.9 Å². The fourth-order valence-electron chi connectivity index (χ4n) is 3.61. The Balaban J connectivity index is 1.73. The molecule has 1 aromatic heterocycles. The van der Waals surface area contributed by atoms with Crippen LogP contribution in [-0.2, 0) is 24.4 Å². The first-order chi connectivity index (χ1) is 15.0.